The fraction of sp³-hybridized carbons (Fsp3) is 0.500. The van der Waals surface area contributed by atoms with Crippen LogP contribution in [-0.2, 0) is 0 Å². The summed E-state index contributed by atoms with van der Waals surface area (Å²) >= 11 is 0. The lowest BCUT2D eigenvalue weighted by atomic mass is 10.1. The summed E-state index contributed by atoms with van der Waals surface area (Å²) in [5.41, 5.74) is 0.630. The summed E-state index contributed by atoms with van der Waals surface area (Å²) in [7, 11) is 0. The van der Waals surface area contributed by atoms with Gasteiger partial charge in [0.15, 0.2) is 6.29 Å². The smallest absolute Gasteiger partial charge is 0.152 e. The Bertz CT molecular complexity index is 391. The summed E-state index contributed by atoms with van der Waals surface area (Å²) in [5, 5.41) is 9.14. The molecule has 0 aromatic heterocycles. The van der Waals surface area contributed by atoms with Crippen LogP contribution in [0.25, 0.3) is 0 Å². The maximum Gasteiger partial charge on any atom is 0.152 e. The Morgan fingerprint density at radius 2 is 2.06 bits per heavy atom. The molecule has 100 valence electrons. The summed E-state index contributed by atoms with van der Waals surface area (Å²) in [6.45, 7) is 4.29. The first kappa shape index (κ1) is 14.6. The zero-order valence-electron chi connectivity index (χ0n) is 10.9. The van der Waals surface area contributed by atoms with Crippen molar-refractivity contribution in [2.24, 2.45) is 0 Å². The second-order valence-corrected chi connectivity index (χ2v) is 4.18. The van der Waals surface area contributed by atoms with Crippen LogP contribution in [0.15, 0.2) is 18.2 Å². The number of aliphatic hydroxyl groups excluding tert-OH is 1. The van der Waals surface area contributed by atoms with E-state index in [1.807, 2.05) is 13.8 Å². The molecule has 1 aromatic rings. The number of rotatable bonds is 7. The molecule has 0 heterocycles. The Labute approximate surface area is 107 Å². The first-order chi connectivity index (χ1) is 8.69. The van der Waals surface area contributed by atoms with Crippen LogP contribution < -0.4 is 4.90 Å². The van der Waals surface area contributed by atoms with Gasteiger partial charge in [0.05, 0.1) is 12.3 Å². The molecule has 4 heteroatoms. The molecule has 0 saturated heterocycles. The third-order valence-corrected chi connectivity index (χ3v) is 3.16. The molecule has 0 aliphatic rings. The van der Waals surface area contributed by atoms with Gasteiger partial charge in [-0.3, -0.25) is 4.79 Å². The zero-order chi connectivity index (χ0) is 13.5. The van der Waals surface area contributed by atoms with Crippen LogP contribution >= 0.6 is 0 Å². The number of anilines is 1. The first-order valence-electron chi connectivity index (χ1n) is 6.30. The third-order valence-electron chi connectivity index (χ3n) is 3.16. The van der Waals surface area contributed by atoms with Crippen LogP contribution in [0.2, 0.25) is 0 Å². The molecule has 0 fully saturated rings. The van der Waals surface area contributed by atoms with Crippen LogP contribution in [0.1, 0.15) is 37.0 Å². The Morgan fingerprint density at radius 3 is 2.56 bits per heavy atom. The monoisotopic (exact) mass is 253 g/mol. The van der Waals surface area contributed by atoms with Crippen molar-refractivity contribution in [3.05, 3.63) is 29.6 Å². The quantitative estimate of drug-likeness (QED) is 0.759. The van der Waals surface area contributed by atoms with E-state index in [0.717, 1.165) is 12.8 Å². The molecule has 0 amide bonds. The molecule has 3 nitrogen and oxygen atoms in total. The Kier molecular flexibility index (Phi) is 5.78. The lowest BCUT2D eigenvalue weighted by Crippen LogP contribution is -2.38. The molecule has 0 aliphatic carbocycles. The molecule has 0 radical (unpaired) electrons. The largest absolute Gasteiger partial charge is 0.395 e. The van der Waals surface area contributed by atoms with Crippen molar-refractivity contribution in [2.45, 2.75) is 32.7 Å². The number of aliphatic hydroxyl groups is 1. The second-order valence-electron chi connectivity index (χ2n) is 4.18. The number of aldehydes is 1. The molecule has 0 unspecified atom stereocenters. The van der Waals surface area contributed by atoms with E-state index < -0.39 is 5.82 Å². The summed E-state index contributed by atoms with van der Waals surface area (Å²) in [6.07, 6.45) is 2.33. The number of nitrogens with zero attached hydrogens (tertiary/aromatic N) is 1. The third kappa shape index (κ3) is 3.07. The van der Waals surface area contributed by atoms with Crippen LogP contribution in [0.4, 0.5) is 10.1 Å². The average Bonchev–Trinajstić information content (AvgIpc) is 2.39. The number of hydrogen-bond acceptors (Lipinski definition) is 3. The van der Waals surface area contributed by atoms with E-state index in [1.54, 1.807) is 11.0 Å². The van der Waals surface area contributed by atoms with Gasteiger partial charge in [-0.05, 0) is 25.0 Å². The van der Waals surface area contributed by atoms with E-state index >= 15 is 0 Å². The van der Waals surface area contributed by atoms with E-state index in [0.29, 0.717) is 24.1 Å². The molecule has 18 heavy (non-hydrogen) atoms. The fourth-order valence-electron chi connectivity index (χ4n) is 2.24. The van der Waals surface area contributed by atoms with Gasteiger partial charge >= 0.3 is 0 Å². The van der Waals surface area contributed by atoms with Crippen molar-refractivity contribution in [1.29, 1.82) is 0 Å². The predicted molar refractivity (Wildman–Crippen MR) is 70.6 cm³/mol. The van der Waals surface area contributed by atoms with E-state index in [1.165, 1.54) is 12.1 Å². The number of hydrogen-bond donors (Lipinski definition) is 1. The highest BCUT2D eigenvalue weighted by Gasteiger charge is 2.21. The highest BCUT2D eigenvalue weighted by molar-refractivity contribution is 5.85. The summed E-state index contributed by atoms with van der Waals surface area (Å²) in [4.78, 5) is 12.8. The van der Waals surface area contributed by atoms with Crippen LogP contribution in [0, 0.1) is 5.82 Å². The lowest BCUT2D eigenvalue weighted by Gasteiger charge is -2.33. The van der Waals surface area contributed by atoms with Gasteiger partial charge < -0.3 is 10.0 Å². The second kappa shape index (κ2) is 7.11. The number of halogens is 1. The Hall–Kier alpha value is -1.42. The minimum Gasteiger partial charge on any atom is -0.395 e. The molecule has 1 aromatic carbocycles. The van der Waals surface area contributed by atoms with Gasteiger partial charge in [0.2, 0.25) is 0 Å². The highest BCUT2D eigenvalue weighted by atomic mass is 19.1. The highest BCUT2D eigenvalue weighted by Crippen LogP contribution is 2.27. The topological polar surface area (TPSA) is 40.5 Å². The maximum atomic E-state index is 14.0. The maximum absolute atomic E-state index is 14.0. The minimum atomic E-state index is -0.417. The zero-order valence-corrected chi connectivity index (χ0v) is 10.9. The van der Waals surface area contributed by atoms with Crippen molar-refractivity contribution in [2.75, 3.05) is 18.1 Å². The SMILES string of the molecule is CCC(CC)N(CCO)c1c(F)cccc1C=O. The van der Waals surface area contributed by atoms with Gasteiger partial charge in [0.25, 0.3) is 0 Å². The van der Waals surface area contributed by atoms with Crippen molar-refractivity contribution in [1.82, 2.24) is 0 Å². The molecular formula is C14H20FNO2. The van der Waals surface area contributed by atoms with E-state index in [2.05, 4.69) is 0 Å². The summed E-state index contributed by atoms with van der Waals surface area (Å²) < 4.78 is 14.0. The van der Waals surface area contributed by atoms with E-state index in [4.69, 9.17) is 5.11 Å². The number of carbonyl (C=O) groups excluding carboxylic acids is 1. The molecule has 1 N–H and O–H groups in total. The van der Waals surface area contributed by atoms with Gasteiger partial charge in [-0.2, -0.15) is 0 Å². The van der Waals surface area contributed by atoms with Crippen molar-refractivity contribution < 1.29 is 14.3 Å². The lowest BCUT2D eigenvalue weighted by molar-refractivity contribution is 0.112. The number of para-hydroxylation sites is 1. The Balaban J connectivity index is 3.23. The number of benzene rings is 1. The average molecular weight is 253 g/mol. The normalized spacial score (nSPS) is 10.7. The van der Waals surface area contributed by atoms with Crippen LogP contribution in [-0.4, -0.2) is 30.6 Å². The van der Waals surface area contributed by atoms with Gasteiger partial charge in [-0.25, -0.2) is 4.39 Å². The summed E-state index contributed by atoms with van der Waals surface area (Å²) in [6, 6.07) is 4.58. The van der Waals surface area contributed by atoms with Crippen LogP contribution in [0.5, 0.6) is 0 Å². The van der Waals surface area contributed by atoms with Crippen molar-refractivity contribution >= 4 is 12.0 Å². The molecule has 0 atom stereocenters. The van der Waals surface area contributed by atoms with Crippen LogP contribution in [0.3, 0.4) is 0 Å². The number of carbonyl (C=O) groups is 1. The molecule has 0 saturated carbocycles. The van der Waals surface area contributed by atoms with Crippen molar-refractivity contribution in [3.8, 4) is 0 Å². The Morgan fingerprint density at radius 1 is 1.39 bits per heavy atom. The standard InChI is InChI=1S/C14H20FNO2/c1-3-12(4-2)16(8-9-17)14-11(10-18)6-5-7-13(14)15/h5-7,10,12,17H,3-4,8-9H2,1-2H3. The van der Waals surface area contributed by atoms with Gasteiger partial charge in [0, 0.05) is 18.2 Å². The first-order valence-corrected chi connectivity index (χ1v) is 6.30. The summed E-state index contributed by atoms with van der Waals surface area (Å²) in [5.74, 6) is -0.417. The van der Waals surface area contributed by atoms with Gasteiger partial charge in [0.1, 0.15) is 5.82 Å². The molecular weight excluding hydrogens is 233 g/mol. The molecule has 1 rings (SSSR count). The molecule has 0 spiro atoms. The van der Waals surface area contributed by atoms with E-state index in [-0.39, 0.29) is 12.6 Å². The minimum absolute atomic E-state index is 0.0663. The molecule has 0 aliphatic heterocycles. The fourth-order valence-corrected chi connectivity index (χ4v) is 2.24. The van der Waals surface area contributed by atoms with Gasteiger partial charge in [-0.15, -0.1) is 0 Å². The predicted octanol–water partition coefficient (Wildman–Crippen LogP) is 2.63. The van der Waals surface area contributed by atoms with E-state index in [9.17, 15) is 9.18 Å². The molecule has 0 bridgehead atoms. The van der Waals surface area contributed by atoms with Crippen molar-refractivity contribution in [3.63, 3.8) is 0 Å². The van der Waals surface area contributed by atoms with Gasteiger partial charge in [-0.1, -0.05) is 19.9 Å².